The molecule has 0 aromatic rings. The number of rotatable bonds is 40. The molecule has 0 saturated heterocycles. The van der Waals surface area contributed by atoms with Gasteiger partial charge >= 0.3 is 37.7 Å². The van der Waals surface area contributed by atoms with E-state index in [9.17, 15) is 19.8 Å². The number of hydrogen-bond acceptors (Lipinski definition) is 6. The van der Waals surface area contributed by atoms with Crippen LogP contribution in [-0.4, -0.2) is 97.7 Å². The van der Waals surface area contributed by atoms with Gasteiger partial charge in [0.05, 0.1) is 0 Å². The molecule has 0 fully saturated rings. The largest absolute Gasteiger partial charge is 2.00 e. The average Bonchev–Trinajstić information content (AvgIpc) is 3.13. The second-order valence-electron chi connectivity index (χ2n) is 15.8. The number of nitrogens with zero attached hydrogens (tertiary/aromatic N) is 2. The molecule has 0 N–H and O–H groups in total. The van der Waals surface area contributed by atoms with E-state index >= 15 is 0 Å². The van der Waals surface area contributed by atoms with Crippen LogP contribution in [0.2, 0.25) is 0 Å². The maximum Gasteiger partial charge on any atom is 2.00 e. The monoisotopic (exact) mass is 777 g/mol. The summed E-state index contributed by atoms with van der Waals surface area (Å²) in [6.45, 7) is 18.3. The molecule has 0 aliphatic rings. The minimum absolute atomic E-state index is 0. The van der Waals surface area contributed by atoms with E-state index in [-0.39, 0.29) is 50.6 Å². The summed E-state index contributed by atoms with van der Waals surface area (Å²) in [7, 11) is 0. The van der Waals surface area contributed by atoms with Crippen LogP contribution in [0.25, 0.3) is 0 Å². The summed E-state index contributed by atoms with van der Waals surface area (Å²) in [6.07, 6.45) is 38.3. The van der Waals surface area contributed by atoms with Crippen molar-refractivity contribution in [3.05, 3.63) is 0 Å². The van der Waals surface area contributed by atoms with Crippen LogP contribution in [0.5, 0.6) is 0 Å². The van der Waals surface area contributed by atoms with Crippen molar-refractivity contribution < 1.29 is 19.8 Å². The molecule has 0 saturated carbocycles. The van der Waals surface area contributed by atoms with Crippen LogP contribution in [0.4, 0.5) is 0 Å². The smallest absolute Gasteiger partial charge is 0.550 e. The molecular formula is C46H92CaN2O4. The van der Waals surface area contributed by atoms with Crippen LogP contribution < -0.4 is 10.2 Å². The average molecular weight is 777 g/mol. The van der Waals surface area contributed by atoms with Gasteiger partial charge in [-0.2, -0.15) is 0 Å². The third kappa shape index (κ3) is 41.6. The van der Waals surface area contributed by atoms with E-state index in [1.165, 1.54) is 180 Å². The minimum atomic E-state index is -0.904. The molecule has 0 aromatic heterocycles. The van der Waals surface area contributed by atoms with Crippen molar-refractivity contribution in [2.45, 2.75) is 259 Å². The minimum Gasteiger partial charge on any atom is -0.550 e. The predicted octanol–water partition coefficient (Wildman–Crippen LogP) is 11.0. The molecule has 0 amide bonds. The topological polar surface area (TPSA) is 86.7 Å². The van der Waals surface area contributed by atoms with Crippen LogP contribution >= 0.6 is 0 Å². The van der Waals surface area contributed by atoms with Gasteiger partial charge in [-0.05, 0) is 103 Å². The SMILES string of the molecule is CCCCCCCCN(CCCCCCCC)C(CC)CCCC(=O)[O-].CCCCCCCCN(CCCCCCCC)C(CC)CCCC(=O)[O-].[Ca+2]. The standard InChI is InChI=1S/2C23H47NO2.Ca/c2*1-4-7-9-11-13-15-20-24(21-16-14-12-10-8-5-2)22(6-3)18-17-19-23(25)26;/h2*22H,4-21H2,1-3H3,(H,25,26);/q;;+2/p-2. The Morgan fingerprint density at radius 1 is 0.377 bits per heavy atom. The molecule has 312 valence electrons. The van der Waals surface area contributed by atoms with E-state index in [1.54, 1.807) is 0 Å². The fourth-order valence-electron chi connectivity index (χ4n) is 7.59. The van der Waals surface area contributed by atoms with E-state index in [1.807, 2.05) is 0 Å². The molecule has 53 heavy (non-hydrogen) atoms. The summed E-state index contributed by atoms with van der Waals surface area (Å²) in [5.41, 5.74) is 0. The summed E-state index contributed by atoms with van der Waals surface area (Å²) in [5, 5.41) is 21.4. The van der Waals surface area contributed by atoms with Crippen molar-refractivity contribution in [3.63, 3.8) is 0 Å². The van der Waals surface area contributed by atoms with Gasteiger partial charge in [0.1, 0.15) is 0 Å². The van der Waals surface area contributed by atoms with Gasteiger partial charge in [-0.1, -0.05) is 170 Å². The maximum absolute atomic E-state index is 10.7. The van der Waals surface area contributed by atoms with Crippen molar-refractivity contribution in [1.29, 1.82) is 0 Å². The normalized spacial score (nSPS) is 12.4. The Bertz CT molecular complexity index is 648. The number of hydrogen-bond donors (Lipinski definition) is 0. The van der Waals surface area contributed by atoms with Crippen LogP contribution in [0.15, 0.2) is 0 Å². The van der Waals surface area contributed by atoms with Gasteiger partial charge in [0.2, 0.25) is 0 Å². The molecule has 0 aliphatic heterocycles. The molecule has 0 aromatic carbocycles. The second kappa shape index (κ2) is 46.5. The summed E-state index contributed by atoms with van der Waals surface area (Å²) in [4.78, 5) is 26.7. The molecule has 7 heteroatoms. The molecule has 2 atom stereocenters. The van der Waals surface area contributed by atoms with Gasteiger partial charge in [-0.25, -0.2) is 0 Å². The first-order valence-corrected chi connectivity index (χ1v) is 23.2. The summed E-state index contributed by atoms with van der Waals surface area (Å²) in [5.74, 6) is -1.81. The van der Waals surface area contributed by atoms with E-state index < -0.39 is 11.9 Å². The summed E-state index contributed by atoms with van der Waals surface area (Å²) >= 11 is 0. The zero-order chi connectivity index (χ0) is 38.9. The van der Waals surface area contributed by atoms with E-state index in [4.69, 9.17) is 0 Å². The quantitative estimate of drug-likeness (QED) is 0.0455. The van der Waals surface area contributed by atoms with Gasteiger partial charge in [-0.15, -0.1) is 0 Å². The van der Waals surface area contributed by atoms with E-state index in [0.717, 1.165) is 38.5 Å². The number of carboxylic acid groups (broad SMARTS) is 2. The van der Waals surface area contributed by atoms with Gasteiger partial charge in [0.25, 0.3) is 0 Å². The van der Waals surface area contributed by atoms with Gasteiger partial charge in [0.15, 0.2) is 0 Å². The number of carboxylic acids is 2. The van der Waals surface area contributed by atoms with Crippen molar-refractivity contribution >= 4 is 49.7 Å². The Balaban J connectivity index is -0.000000926. The fraction of sp³-hybridized carbons (Fsp3) is 0.957. The van der Waals surface area contributed by atoms with Crippen LogP contribution in [0, 0.1) is 0 Å². The maximum atomic E-state index is 10.7. The molecule has 6 nitrogen and oxygen atoms in total. The van der Waals surface area contributed by atoms with Gasteiger partial charge < -0.3 is 29.6 Å². The molecule has 0 radical (unpaired) electrons. The first kappa shape index (κ1) is 57.4. The molecule has 0 aliphatic carbocycles. The van der Waals surface area contributed by atoms with Crippen LogP contribution in [0.3, 0.4) is 0 Å². The van der Waals surface area contributed by atoms with Crippen LogP contribution in [0.1, 0.15) is 247 Å². The Labute approximate surface area is 362 Å². The second-order valence-corrected chi connectivity index (χ2v) is 15.8. The first-order valence-electron chi connectivity index (χ1n) is 23.2. The third-order valence-electron chi connectivity index (χ3n) is 11.0. The van der Waals surface area contributed by atoms with Crippen molar-refractivity contribution in [1.82, 2.24) is 9.80 Å². The van der Waals surface area contributed by atoms with Gasteiger partial charge in [-0.3, -0.25) is 0 Å². The first-order chi connectivity index (χ1) is 25.3. The molecule has 0 spiro atoms. The summed E-state index contributed by atoms with van der Waals surface area (Å²) < 4.78 is 0. The van der Waals surface area contributed by atoms with Crippen molar-refractivity contribution in [2.75, 3.05) is 26.2 Å². The molecule has 2 unspecified atom stereocenters. The van der Waals surface area contributed by atoms with Gasteiger partial charge in [0, 0.05) is 24.0 Å². The predicted molar refractivity (Wildman–Crippen MR) is 228 cm³/mol. The Morgan fingerprint density at radius 2 is 0.604 bits per heavy atom. The molecule has 0 bridgehead atoms. The van der Waals surface area contributed by atoms with Crippen molar-refractivity contribution in [3.8, 4) is 0 Å². The molecule has 0 rings (SSSR count). The van der Waals surface area contributed by atoms with E-state index in [0.29, 0.717) is 12.1 Å². The molecular weight excluding hydrogens is 685 g/mol. The van der Waals surface area contributed by atoms with E-state index in [2.05, 4.69) is 51.3 Å². The zero-order valence-corrected chi connectivity index (χ0v) is 39.1. The third-order valence-corrected chi connectivity index (χ3v) is 11.0. The number of carbonyl (C=O) groups is 2. The Hall–Kier alpha value is 0.120. The number of unbranched alkanes of at least 4 members (excludes halogenated alkanes) is 20. The Morgan fingerprint density at radius 3 is 0.811 bits per heavy atom. The fourth-order valence-corrected chi connectivity index (χ4v) is 7.59. The number of carbonyl (C=O) groups excluding carboxylic acids is 2. The molecule has 0 heterocycles. The summed E-state index contributed by atoms with van der Waals surface area (Å²) in [6, 6.07) is 1.08. The number of aliphatic carboxylic acids is 2. The van der Waals surface area contributed by atoms with Crippen molar-refractivity contribution in [2.24, 2.45) is 0 Å². The van der Waals surface area contributed by atoms with Crippen LogP contribution in [-0.2, 0) is 9.59 Å². The Kier molecular flexibility index (Phi) is 50.4. The zero-order valence-electron chi connectivity index (χ0n) is 36.8.